The van der Waals surface area contributed by atoms with Crippen LogP contribution in [-0.4, -0.2) is 21.8 Å². The van der Waals surface area contributed by atoms with Gasteiger partial charge in [-0.1, -0.05) is 0 Å². The summed E-state index contributed by atoms with van der Waals surface area (Å²) in [6.45, 7) is 0.985. The van der Waals surface area contributed by atoms with Gasteiger partial charge in [-0.25, -0.2) is 4.79 Å². The third-order valence-electron chi connectivity index (χ3n) is 3.02. The number of nitrogens with two attached hydrogens (primary N) is 1. The van der Waals surface area contributed by atoms with E-state index < -0.39 is 5.56 Å². The molecule has 1 saturated heterocycles. The molecule has 17 heavy (non-hydrogen) atoms. The summed E-state index contributed by atoms with van der Waals surface area (Å²) in [6.07, 6.45) is 4.28. The van der Waals surface area contributed by atoms with Crippen LogP contribution in [0.15, 0.2) is 15.8 Å². The van der Waals surface area contributed by atoms with E-state index in [0.717, 1.165) is 23.8 Å². The van der Waals surface area contributed by atoms with E-state index >= 15 is 0 Å². The van der Waals surface area contributed by atoms with Crippen molar-refractivity contribution in [3.8, 4) is 0 Å². The highest BCUT2D eigenvalue weighted by molar-refractivity contribution is 5.30. The molecule has 1 aliphatic rings. The smallest absolute Gasteiger partial charge is 0.330 e. The number of anilines is 1. The van der Waals surface area contributed by atoms with E-state index in [0.29, 0.717) is 6.61 Å². The molecule has 1 aliphatic heterocycles. The van der Waals surface area contributed by atoms with E-state index in [9.17, 15) is 9.59 Å². The Balaban J connectivity index is 2.31. The first-order chi connectivity index (χ1) is 8.09. The van der Waals surface area contributed by atoms with Gasteiger partial charge >= 0.3 is 5.69 Å². The highest BCUT2D eigenvalue weighted by Gasteiger charge is 2.17. The van der Waals surface area contributed by atoms with E-state index in [-0.39, 0.29) is 24.0 Å². The number of nitrogen functional groups attached to an aromatic ring is 1. The Labute approximate surface area is 98.6 Å². The first kappa shape index (κ1) is 11.9. The van der Waals surface area contributed by atoms with Gasteiger partial charge in [0.15, 0.2) is 0 Å². The normalized spacial score (nSPS) is 20.4. The number of hydrogen-bond acceptors (Lipinski definition) is 4. The van der Waals surface area contributed by atoms with Crippen LogP contribution in [0.25, 0.3) is 0 Å². The van der Waals surface area contributed by atoms with Crippen LogP contribution >= 0.6 is 0 Å². The van der Waals surface area contributed by atoms with Crippen LogP contribution in [0.1, 0.15) is 19.3 Å². The lowest BCUT2D eigenvalue weighted by Crippen LogP contribution is -2.43. The van der Waals surface area contributed by atoms with Crippen LogP contribution in [-0.2, 0) is 18.3 Å². The fourth-order valence-corrected chi connectivity index (χ4v) is 2.07. The summed E-state index contributed by atoms with van der Waals surface area (Å²) in [5.41, 5.74) is 4.87. The number of aromatic nitrogens is 2. The maximum Gasteiger partial charge on any atom is 0.330 e. The lowest BCUT2D eigenvalue weighted by molar-refractivity contribution is 0.00457. The summed E-state index contributed by atoms with van der Waals surface area (Å²) in [7, 11) is 1.58. The quantitative estimate of drug-likeness (QED) is 0.768. The second-order valence-corrected chi connectivity index (χ2v) is 4.38. The molecule has 1 fully saturated rings. The van der Waals surface area contributed by atoms with Crippen LogP contribution < -0.4 is 17.0 Å². The SMILES string of the molecule is Cn1cc(N)c(=O)n(CC2CCCCO2)c1=O. The van der Waals surface area contributed by atoms with Gasteiger partial charge in [0.25, 0.3) is 5.56 Å². The number of ether oxygens (including phenoxy) is 1. The van der Waals surface area contributed by atoms with Gasteiger partial charge in [-0.2, -0.15) is 0 Å². The summed E-state index contributed by atoms with van der Waals surface area (Å²) in [6, 6.07) is 0. The third kappa shape index (κ3) is 2.41. The Kier molecular flexibility index (Phi) is 3.33. The van der Waals surface area contributed by atoms with Crippen molar-refractivity contribution in [2.75, 3.05) is 12.3 Å². The van der Waals surface area contributed by atoms with Crippen LogP contribution in [0.3, 0.4) is 0 Å². The molecule has 1 aromatic rings. The zero-order chi connectivity index (χ0) is 12.4. The summed E-state index contributed by atoms with van der Waals surface area (Å²) in [5.74, 6) is 0. The van der Waals surface area contributed by atoms with Gasteiger partial charge in [-0.05, 0) is 19.3 Å². The molecular formula is C11H17N3O3. The molecule has 0 aromatic carbocycles. The second-order valence-electron chi connectivity index (χ2n) is 4.38. The average Bonchev–Trinajstić information content (AvgIpc) is 2.33. The van der Waals surface area contributed by atoms with Crippen LogP contribution in [0, 0.1) is 0 Å². The largest absolute Gasteiger partial charge is 0.393 e. The van der Waals surface area contributed by atoms with E-state index in [1.54, 1.807) is 7.05 Å². The lowest BCUT2D eigenvalue weighted by Gasteiger charge is -2.23. The van der Waals surface area contributed by atoms with Crippen molar-refractivity contribution in [3.63, 3.8) is 0 Å². The van der Waals surface area contributed by atoms with E-state index in [2.05, 4.69) is 0 Å². The van der Waals surface area contributed by atoms with Gasteiger partial charge in [0.2, 0.25) is 0 Å². The van der Waals surface area contributed by atoms with Crippen LogP contribution in [0.5, 0.6) is 0 Å². The highest BCUT2D eigenvalue weighted by Crippen LogP contribution is 2.13. The molecule has 2 rings (SSSR count). The molecule has 0 aliphatic carbocycles. The average molecular weight is 239 g/mol. The number of nitrogens with zero attached hydrogens (tertiary/aromatic N) is 2. The Morgan fingerprint density at radius 2 is 2.24 bits per heavy atom. The molecule has 94 valence electrons. The molecule has 1 unspecified atom stereocenters. The van der Waals surface area contributed by atoms with Crippen molar-refractivity contribution >= 4 is 5.69 Å². The Bertz CT molecular complexity index is 477. The molecule has 6 heteroatoms. The van der Waals surface area contributed by atoms with Gasteiger partial charge in [0, 0.05) is 19.9 Å². The molecule has 0 spiro atoms. The van der Waals surface area contributed by atoms with Crippen LogP contribution in [0.2, 0.25) is 0 Å². The summed E-state index contributed by atoms with van der Waals surface area (Å²) in [4.78, 5) is 23.6. The molecule has 2 N–H and O–H groups in total. The second kappa shape index (κ2) is 4.75. The Hall–Kier alpha value is -1.56. The Morgan fingerprint density at radius 1 is 1.47 bits per heavy atom. The first-order valence-corrected chi connectivity index (χ1v) is 5.77. The molecule has 0 radical (unpaired) electrons. The van der Waals surface area contributed by atoms with Crippen molar-refractivity contribution in [3.05, 3.63) is 27.0 Å². The van der Waals surface area contributed by atoms with Crippen molar-refractivity contribution in [1.29, 1.82) is 0 Å². The minimum atomic E-state index is -0.428. The molecule has 6 nitrogen and oxygen atoms in total. The minimum absolute atomic E-state index is 0.0593. The molecular weight excluding hydrogens is 222 g/mol. The maximum atomic E-state index is 11.8. The fraction of sp³-hybridized carbons (Fsp3) is 0.636. The number of hydrogen-bond donors (Lipinski definition) is 1. The minimum Gasteiger partial charge on any atom is -0.393 e. The fourth-order valence-electron chi connectivity index (χ4n) is 2.07. The standard InChI is InChI=1S/C11H17N3O3/c1-13-7-9(12)10(15)14(11(13)16)6-8-4-2-3-5-17-8/h7-8H,2-6,12H2,1H3. The van der Waals surface area contributed by atoms with Gasteiger partial charge < -0.3 is 15.0 Å². The van der Waals surface area contributed by atoms with E-state index in [1.807, 2.05) is 0 Å². The van der Waals surface area contributed by atoms with Crippen LogP contribution in [0.4, 0.5) is 5.69 Å². The van der Waals surface area contributed by atoms with E-state index in [4.69, 9.17) is 10.5 Å². The van der Waals surface area contributed by atoms with Crippen molar-refractivity contribution in [1.82, 2.24) is 9.13 Å². The summed E-state index contributed by atoms with van der Waals surface area (Å²) in [5, 5.41) is 0. The summed E-state index contributed by atoms with van der Waals surface area (Å²) < 4.78 is 8.00. The highest BCUT2D eigenvalue weighted by atomic mass is 16.5. The molecule has 1 atom stereocenters. The zero-order valence-electron chi connectivity index (χ0n) is 9.89. The van der Waals surface area contributed by atoms with Gasteiger partial charge in [-0.15, -0.1) is 0 Å². The van der Waals surface area contributed by atoms with Gasteiger partial charge in [0.1, 0.15) is 5.69 Å². The summed E-state index contributed by atoms with van der Waals surface area (Å²) >= 11 is 0. The molecule has 0 saturated carbocycles. The van der Waals surface area contributed by atoms with Crippen molar-refractivity contribution in [2.24, 2.45) is 7.05 Å². The van der Waals surface area contributed by atoms with Crippen molar-refractivity contribution in [2.45, 2.75) is 31.9 Å². The monoisotopic (exact) mass is 239 g/mol. The number of aryl methyl sites for hydroxylation is 1. The predicted molar refractivity (Wildman–Crippen MR) is 63.9 cm³/mol. The lowest BCUT2D eigenvalue weighted by atomic mass is 10.1. The third-order valence-corrected chi connectivity index (χ3v) is 3.02. The molecule has 1 aromatic heterocycles. The maximum absolute atomic E-state index is 11.8. The van der Waals surface area contributed by atoms with Gasteiger partial charge in [-0.3, -0.25) is 9.36 Å². The van der Waals surface area contributed by atoms with Gasteiger partial charge in [0.05, 0.1) is 12.6 Å². The number of rotatable bonds is 2. The molecule has 2 heterocycles. The zero-order valence-corrected chi connectivity index (χ0v) is 9.89. The topological polar surface area (TPSA) is 79.2 Å². The van der Waals surface area contributed by atoms with Crippen molar-refractivity contribution < 1.29 is 4.74 Å². The molecule has 0 bridgehead atoms. The molecule has 0 amide bonds. The predicted octanol–water partition coefficient (Wildman–Crippen LogP) is -0.302. The first-order valence-electron chi connectivity index (χ1n) is 5.77. The van der Waals surface area contributed by atoms with E-state index in [1.165, 1.54) is 10.8 Å². The Morgan fingerprint density at radius 3 is 2.88 bits per heavy atom.